The van der Waals surface area contributed by atoms with E-state index in [1.165, 1.54) is 42.3 Å². The number of benzene rings is 1. The lowest BCUT2D eigenvalue weighted by Gasteiger charge is -2.16. The zero-order valence-corrected chi connectivity index (χ0v) is 17.6. The van der Waals surface area contributed by atoms with Gasteiger partial charge in [0, 0.05) is 11.9 Å². The minimum atomic E-state index is -3.75. The number of hydrogen-bond donors (Lipinski definition) is 1. The third-order valence-corrected chi connectivity index (χ3v) is 7.21. The Kier molecular flexibility index (Phi) is 6.50. The molecule has 0 fully saturated rings. The normalized spacial score (nSPS) is 11.7. The van der Waals surface area contributed by atoms with Gasteiger partial charge in [0.2, 0.25) is 27.6 Å². The first-order chi connectivity index (χ1) is 13.4. The SMILES string of the molecule is CSc1ccc(S(=O)(=O)N(C)CC(=O)NCc2nc(-c3cccs3)no2)cc1. The lowest BCUT2D eigenvalue weighted by molar-refractivity contribution is -0.121. The van der Waals surface area contributed by atoms with Crippen LogP contribution in [0.15, 0.2) is 56.1 Å². The molecule has 1 amide bonds. The number of amides is 1. The quantitative estimate of drug-likeness (QED) is 0.539. The second kappa shape index (κ2) is 8.86. The molecule has 3 aromatic rings. The Morgan fingerprint density at radius 3 is 2.68 bits per heavy atom. The Morgan fingerprint density at radius 1 is 1.29 bits per heavy atom. The molecule has 0 radical (unpaired) electrons. The first kappa shape index (κ1) is 20.5. The topological polar surface area (TPSA) is 105 Å². The standard InChI is InChI=1S/C17H18N4O4S3/c1-21(28(23,24)13-7-5-12(26-2)6-8-13)11-15(22)18-10-16-19-17(20-25-16)14-4-3-9-27-14/h3-9H,10-11H2,1-2H3,(H,18,22). The van der Waals surface area contributed by atoms with Crippen LogP contribution in [-0.4, -0.2) is 48.6 Å². The highest BCUT2D eigenvalue weighted by molar-refractivity contribution is 7.98. The summed E-state index contributed by atoms with van der Waals surface area (Å²) < 4.78 is 31.3. The van der Waals surface area contributed by atoms with Crippen molar-refractivity contribution < 1.29 is 17.7 Å². The monoisotopic (exact) mass is 438 g/mol. The van der Waals surface area contributed by atoms with Crippen LogP contribution in [-0.2, 0) is 21.4 Å². The molecule has 8 nitrogen and oxygen atoms in total. The van der Waals surface area contributed by atoms with E-state index in [4.69, 9.17) is 4.52 Å². The van der Waals surface area contributed by atoms with Crippen LogP contribution in [0.5, 0.6) is 0 Å². The van der Waals surface area contributed by atoms with Crippen LogP contribution in [0.3, 0.4) is 0 Å². The van der Waals surface area contributed by atoms with Crippen LogP contribution in [0.4, 0.5) is 0 Å². The minimum absolute atomic E-state index is 0.0213. The fourth-order valence-corrected chi connectivity index (χ4v) is 4.46. The van der Waals surface area contributed by atoms with E-state index >= 15 is 0 Å². The van der Waals surface area contributed by atoms with Gasteiger partial charge in [0.1, 0.15) is 0 Å². The van der Waals surface area contributed by atoms with Gasteiger partial charge in [-0.05, 0) is 42.0 Å². The maximum Gasteiger partial charge on any atom is 0.246 e. The van der Waals surface area contributed by atoms with Crippen molar-refractivity contribution >= 4 is 39.0 Å². The number of aromatic nitrogens is 2. The smallest absolute Gasteiger partial charge is 0.246 e. The van der Waals surface area contributed by atoms with Crippen molar-refractivity contribution in [3.63, 3.8) is 0 Å². The number of hydrogen-bond acceptors (Lipinski definition) is 8. The summed E-state index contributed by atoms with van der Waals surface area (Å²) in [4.78, 5) is 18.3. The van der Waals surface area contributed by atoms with Gasteiger partial charge in [0.15, 0.2) is 0 Å². The van der Waals surface area contributed by atoms with Gasteiger partial charge >= 0.3 is 0 Å². The summed E-state index contributed by atoms with van der Waals surface area (Å²) in [5, 5.41) is 8.35. The molecule has 2 heterocycles. The molecule has 0 saturated heterocycles. The molecule has 1 aromatic carbocycles. The number of nitrogens with one attached hydrogen (secondary N) is 1. The fourth-order valence-electron chi connectivity index (χ4n) is 2.28. The van der Waals surface area contributed by atoms with Crippen molar-refractivity contribution in [2.75, 3.05) is 19.8 Å². The summed E-state index contributed by atoms with van der Waals surface area (Å²) >= 11 is 3.00. The molecular weight excluding hydrogens is 420 g/mol. The third-order valence-electron chi connectivity index (χ3n) is 3.78. The molecule has 0 bridgehead atoms. The van der Waals surface area contributed by atoms with Crippen molar-refractivity contribution in [2.24, 2.45) is 0 Å². The summed E-state index contributed by atoms with van der Waals surface area (Å²) in [6.45, 7) is -0.300. The summed E-state index contributed by atoms with van der Waals surface area (Å²) in [6, 6.07) is 10.3. The van der Waals surface area contributed by atoms with Gasteiger partial charge in [-0.25, -0.2) is 8.42 Å². The van der Waals surface area contributed by atoms with Gasteiger partial charge in [-0.2, -0.15) is 9.29 Å². The molecule has 148 valence electrons. The van der Waals surface area contributed by atoms with E-state index in [9.17, 15) is 13.2 Å². The van der Waals surface area contributed by atoms with E-state index in [1.54, 1.807) is 12.1 Å². The molecule has 0 aliphatic carbocycles. The molecule has 0 aliphatic rings. The molecule has 11 heteroatoms. The number of carbonyl (C=O) groups excluding carboxylic acids is 1. The van der Waals surface area contributed by atoms with Gasteiger partial charge < -0.3 is 9.84 Å². The first-order valence-corrected chi connectivity index (χ1v) is 11.7. The number of likely N-dealkylation sites (N-methyl/N-ethyl adjacent to an activating group) is 1. The minimum Gasteiger partial charge on any atom is -0.346 e. The van der Waals surface area contributed by atoms with Gasteiger partial charge in [-0.3, -0.25) is 4.79 Å². The van der Waals surface area contributed by atoms with E-state index in [0.29, 0.717) is 5.82 Å². The number of thioether (sulfide) groups is 1. The van der Waals surface area contributed by atoms with Crippen LogP contribution in [0.1, 0.15) is 5.89 Å². The van der Waals surface area contributed by atoms with E-state index in [1.807, 2.05) is 23.8 Å². The maximum absolute atomic E-state index is 12.6. The Hall–Kier alpha value is -2.21. The molecular formula is C17H18N4O4S3. The van der Waals surface area contributed by atoms with Crippen LogP contribution in [0, 0.1) is 0 Å². The van der Waals surface area contributed by atoms with Crippen LogP contribution < -0.4 is 5.32 Å². The molecule has 2 aromatic heterocycles. The summed E-state index contributed by atoms with van der Waals surface area (Å²) in [5.74, 6) is 0.227. The predicted octanol–water partition coefficient (Wildman–Crippen LogP) is 2.46. The molecule has 0 unspecified atom stereocenters. The van der Waals surface area contributed by atoms with Gasteiger partial charge in [0.25, 0.3) is 0 Å². The van der Waals surface area contributed by atoms with E-state index < -0.39 is 15.9 Å². The van der Waals surface area contributed by atoms with Gasteiger partial charge in [-0.1, -0.05) is 11.2 Å². The van der Waals surface area contributed by atoms with Crippen molar-refractivity contribution in [2.45, 2.75) is 16.3 Å². The van der Waals surface area contributed by atoms with Gasteiger partial charge in [-0.15, -0.1) is 23.1 Å². The maximum atomic E-state index is 12.6. The van der Waals surface area contributed by atoms with E-state index in [-0.39, 0.29) is 23.9 Å². The van der Waals surface area contributed by atoms with Crippen molar-refractivity contribution in [3.05, 3.63) is 47.7 Å². The van der Waals surface area contributed by atoms with E-state index in [2.05, 4.69) is 15.5 Å². The highest BCUT2D eigenvalue weighted by atomic mass is 32.2. The lowest BCUT2D eigenvalue weighted by atomic mass is 10.4. The zero-order chi connectivity index (χ0) is 20.1. The predicted molar refractivity (Wildman–Crippen MR) is 107 cm³/mol. The fraction of sp³-hybridized carbons (Fsp3) is 0.235. The molecule has 0 saturated carbocycles. The summed E-state index contributed by atoms with van der Waals surface area (Å²) in [5.41, 5.74) is 0. The van der Waals surface area contributed by atoms with Gasteiger partial charge in [0.05, 0.1) is 22.9 Å². The average molecular weight is 439 g/mol. The molecule has 0 atom stereocenters. The molecule has 28 heavy (non-hydrogen) atoms. The Bertz CT molecular complexity index is 1030. The molecule has 0 spiro atoms. The Balaban J connectivity index is 1.56. The summed E-state index contributed by atoms with van der Waals surface area (Å²) in [6.07, 6.45) is 1.91. The molecule has 3 rings (SSSR count). The molecule has 0 aliphatic heterocycles. The van der Waals surface area contributed by atoms with Crippen LogP contribution in [0.25, 0.3) is 10.7 Å². The third kappa shape index (κ3) is 4.79. The second-order valence-electron chi connectivity index (χ2n) is 5.70. The lowest BCUT2D eigenvalue weighted by Crippen LogP contribution is -2.38. The second-order valence-corrected chi connectivity index (χ2v) is 9.57. The van der Waals surface area contributed by atoms with Crippen LogP contribution in [0.2, 0.25) is 0 Å². The highest BCUT2D eigenvalue weighted by Gasteiger charge is 2.23. The number of rotatable bonds is 8. The highest BCUT2D eigenvalue weighted by Crippen LogP contribution is 2.21. The van der Waals surface area contributed by atoms with Crippen molar-refractivity contribution in [1.82, 2.24) is 19.8 Å². The molecule has 1 N–H and O–H groups in total. The zero-order valence-electron chi connectivity index (χ0n) is 15.2. The number of nitrogens with zero attached hydrogens (tertiary/aromatic N) is 3. The van der Waals surface area contributed by atoms with Crippen molar-refractivity contribution in [1.29, 1.82) is 0 Å². The van der Waals surface area contributed by atoms with Crippen LogP contribution >= 0.6 is 23.1 Å². The Morgan fingerprint density at radius 2 is 2.04 bits per heavy atom. The Labute approximate surface area is 171 Å². The largest absolute Gasteiger partial charge is 0.346 e. The van der Waals surface area contributed by atoms with Crippen molar-refractivity contribution in [3.8, 4) is 10.7 Å². The summed E-state index contributed by atoms with van der Waals surface area (Å²) in [7, 11) is -2.39. The average Bonchev–Trinajstić information content (AvgIpc) is 3.38. The number of thiophene rings is 1. The number of carbonyl (C=O) groups is 1. The van der Waals surface area contributed by atoms with E-state index in [0.717, 1.165) is 14.1 Å². The first-order valence-electron chi connectivity index (χ1n) is 8.13. The number of sulfonamides is 1.